The van der Waals surface area contributed by atoms with Gasteiger partial charge in [-0.15, -0.1) is 0 Å². The van der Waals surface area contributed by atoms with Crippen molar-refractivity contribution in [2.45, 2.75) is 37.8 Å². The van der Waals surface area contributed by atoms with Crippen molar-refractivity contribution in [2.24, 2.45) is 5.73 Å². The van der Waals surface area contributed by atoms with E-state index in [-0.39, 0.29) is 6.04 Å². The van der Waals surface area contributed by atoms with Crippen molar-refractivity contribution in [3.8, 4) is 0 Å². The maximum absolute atomic E-state index is 11.4. The van der Waals surface area contributed by atoms with E-state index in [0.29, 0.717) is 0 Å². The van der Waals surface area contributed by atoms with Gasteiger partial charge < -0.3 is 10.8 Å². The van der Waals surface area contributed by atoms with Crippen molar-refractivity contribution < 1.29 is 18.3 Å². The molecule has 88 valence electrons. The molecule has 0 amide bonds. The van der Waals surface area contributed by atoms with Crippen LogP contribution in [0.25, 0.3) is 0 Å². The summed E-state index contributed by atoms with van der Waals surface area (Å²) in [7, 11) is -3.57. The van der Waals surface area contributed by atoms with Crippen LogP contribution in [0.3, 0.4) is 0 Å². The smallest absolute Gasteiger partial charge is 0.321 e. The first-order valence-corrected chi connectivity index (χ1v) is 6.54. The molecule has 1 saturated carbocycles. The third-order valence-electron chi connectivity index (χ3n) is 2.42. The summed E-state index contributed by atoms with van der Waals surface area (Å²) < 4.78 is 25.4. The number of nitrogens with one attached hydrogen (secondary N) is 1. The molecule has 7 heteroatoms. The Bertz CT molecular complexity index is 322. The predicted molar refractivity (Wildman–Crippen MR) is 54.8 cm³/mol. The number of carboxylic acid groups (broad SMARTS) is 1. The van der Waals surface area contributed by atoms with Crippen LogP contribution >= 0.6 is 0 Å². The quantitative estimate of drug-likeness (QED) is 0.582. The Kier molecular flexibility index (Phi) is 4.06. The Morgan fingerprint density at radius 1 is 1.47 bits per heavy atom. The molecule has 0 saturated heterocycles. The summed E-state index contributed by atoms with van der Waals surface area (Å²) in [4.78, 5) is 10.4. The lowest BCUT2D eigenvalue weighted by atomic mass is 10.3. The molecule has 0 aromatic rings. The maximum atomic E-state index is 11.4. The molecule has 1 aliphatic rings. The van der Waals surface area contributed by atoms with Crippen LogP contribution in [-0.2, 0) is 14.8 Å². The lowest BCUT2D eigenvalue weighted by molar-refractivity contribution is -0.137. The van der Waals surface area contributed by atoms with Crippen LogP contribution in [0.15, 0.2) is 0 Å². The van der Waals surface area contributed by atoms with E-state index in [1.807, 2.05) is 0 Å². The van der Waals surface area contributed by atoms with E-state index < -0.39 is 27.8 Å². The van der Waals surface area contributed by atoms with Crippen LogP contribution in [-0.4, -0.2) is 37.3 Å². The van der Waals surface area contributed by atoms with E-state index >= 15 is 0 Å². The Labute approximate surface area is 88.9 Å². The molecule has 1 rings (SSSR count). The summed E-state index contributed by atoms with van der Waals surface area (Å²) >= 11 is 0. The summed E-state index contributed by atoms with van der Waals surface area (Å²) in [6.07, 6.45) is 3.67. The number of carboxylic acids is 1. The topological polar surface area (TPSA) is 109 Å². The zero-order valence-corrected chi connectivity index (χ0v) is 9.16. The molecule has 15 heavy (non-hydrogen) atoms. The number of hydrogen-bond acceptors (Lipinski definition) is 4. The van der Waals surface area contributed by atoms with Crippen LogP contribution < -0.4 is 10.5 Å². The molecule has 0 aliphatic heterocycles. The van der Waals surface area contributed by atoms with Gasteiger partial charge in [0.1, 0.15) is 6.04 Å². The van der Waals surface area contributed by atoms with E-state index in [1.54, 1.807) is 0 Å². The fourth-order valence-corrected chi connectivity index (χ4v) is 3.11. The summed E-state index contributed by atoms with van der Waals surface area (Å²) in [6.45, 7) is 0. The molecule has 0 bridgehead atoms. The number of rotatable bonds is 5. The summed E-state index contributed by atoms with van der Waals surface area (Å²) in [5, 5.41) is 8.49. The lowest BCUT2D eigenvalue weighted by Gasteiger charge is -2.13. The average Bonchev–Trinajstić information content (AvgIpc) is 2.54. The lowest BCUT2D eigenvalue weighted by Crippen LogP contribution is -2.43. The monoisotopic (exact) mass is 236 g/mol. The van der Waals surface area contributed by atoms with Crippen LogP contribution in [0.5, 0.6) is 0 Å². The second-order valence-corrected chi connectivity index (χ2v) is 5.62. The molecule has 0 heterocycles. The van der Waals surface area contributed by atoms with Crippen molar-refractivity contribution in [3.63, 3.8) is 0 Å². The summed E-state index contributed by atoms with van der Waals surface area (Å²) in [5.74, 6) is -1.86. The first-order valence-electron chi connectivity index (χ1n) is 4.89. The normalized spacial score (nSPS) is 20.3. The van der Waals surface area contributed by atoms with Gasteiger partial charge in [-0.25, -0.2) is 13.1 Å². The standard InChI is InChI=1S/C8H16N2O4S/c9-7(8(11)12)5-15(13,14)10-6-3-1-2-4-6/h6-7,10H,1-5,9H2,(H,11,12). The van der Waals surface area contributed by atoms with Gasteiger partial charge in [0.2, 0.25) is 10.0 Å². The van der Waals surface area contributed by atoms with Crippen LogP contribution in [0, 0.1) is 0 Å². The van der Waals surface area contributed by atoms with E-state index in [0.717, 1.165) is 25.7 Å². The zero-order chi connectivity index (χ0) is 11.5. The molecule has 1 aliphatic carbocycles. The van der Waals surface area contributed by atoms with Gasteiger partial charge >= 0.3 is 5.97 Å². The number of aliphatic carboxylic acids is 1. The highest BCUT2D eigenvalue weighted by atomic mass is 32.2. The minimum atomic E-state index is -3.57. The van der Waals surface area contributed by atoms with Crippen molar-refractivity contribution in [3.05, 3.63) is 0 Å². The van der Waals surface area contributed by atoms with Crippen LogP contribution in [0.4, 0.5) is 0 Å². The van der Waals surface area contributed by atoms with Crippen molar-refractivity contribution >= 4 is 16.0 Å². The molecule has 0 radical (unpaired) electrons. The van der Waals surface area contributed by atoms with Crippen LogP contribution in [0.2, 0.25) is 0 Å². The highest BCUT2D eigenvalue weighted by molar-refractivity contribution is 7.89. The van der Waals surface area contributed by atoms with E-state index in [9.17, 15) is 13.2 Å². The molecule has 6 nitrogen and oxygen atoms in total. The molecular formula is C8H16N2O4S. The van der Waals surface area contributed by atoms with Gasteiger partial charge in [-0.1, -0.05) is 12.8 Å². The largest absolute Gasteiger partial charge is 0.480 e. The fraction of sp³-hybridized carbons (Fsp3) is 0.875. The SMILES string of the molecule is NC(CS(=O)(=O)NC1CCCC1)C(=O)O. The highest BCUT2D eigenvalue weighted by Crippen LogP contribution is 2.18. The Morgan fingerprint density at radius 2 is 2.00 bits per heavy atom. The van der Waals surface area contributed by atoms with E-state index in [4.69, 9.17) is 10.8 Å². The van der Waals surface area contributed by atoms with Gasteiger partial charge in [0.05, 0.1) is 5.75 Å². The van der Waals surface area contributed by atoms with E-state index in [1.165, 1.54) is 0 Å². The molecular weight excluding hydrogens is 220 g/mol. The number of carbonyl (C=O) groups is 1. The number of hydrogen-bond donors (Lipinski definition) is 3. The third kappa shape index (κ3) is 4.15. The minimum absolute atomic E-state index is 0.0454. The third-order valence-corrected chi connectivity index (χ3v) is 3.91. The molecule has 0 aromatic heterocycles. The van der Waals surface area contributed by atoms with Gasteiger partial charge in [-0.3, -0.25) is 4.79 Å². The highest BCUT2D eigenvalue weighted by Gasteiger charge is 2.25. The number of sulfonamides is 1. The van der Waals surface area contributed by atoms with Gasteiger partial charge in [-0.05, 0) is 12.8 Å². The fourth-order valence-electron chi connectivity index (χ4n) is 1.65. The van der Waals surface area contributed by atoms with Crippen molar-refractivity contribution in [2.75, 3.05) is 5.75 Å². The number of nitrogens with two attached hydrogens (primary N) is 1. The molecule has 1 unspecified atom stereocenters. The molecule has 1 atom stereocenters. The maximum Gasteiger partial charge on any atom is 0.321 e. The van der Waals surface area contributed by atoms with Gasteiger partial charge in [0, 0.05) is 6.04 Å². The Morgan fingerprint density at radius 3 is 2.47 bits per heavy atom. The summed E-state index contributed by atoms with van der Waals surface area (Å²) in [6, 6.07) is -1.40. The first kappa shape index (κ1) is 12.4. The first-order chi connectivity index (χ1) is 6.91. The molecule has 1 fully saturated rings. The van der Waals surface area contributed by atoms with Gasteiger partial charge in [0.15, 0.2) is 0 Å². The van der Waals surface area contributed by atoms with Crippen molar-refractivity contribution in [1.29, 1.82) is 0 Å². The minimum Gasteiger partial charge on any atom is -0.480 e. The second kappa shape index (κ2) is 4.91. The zero-order valence-electron chi connectivity index (χ0n) is 8.35. The predicted octanol–water partition coefficient (Wildman–Crippen LogP) is -0.740. The Balaban J connectivity index is 2.47. The average molecular weight is 236 g/mol. The van der Waals surface area contributed by atoms with Gasteiger partial charge in [0.25, 0.3) is 0 Å². The second-order valence-electron chi connectivity index (χ2n) is 3.83. The van der Waals surface area contributed by atoms with Gasteiger partial charge in [-0.2, -0.15) is 0 Å². The van der Waals surface area contributed by atoms with Crippen molar-refractivity contribution in [1.82, 2.24) is 4.72 Å². The molecule has 0 spiro atoms. The van der Waals surface area contributed by atoms with Crippen LogP contribution in [0.1, 0.15) is 25.7 Å². The summed E-state index contributed by atoms with van der Waals surface area (Å²) in [5.41, 5.74) is 5.16. The Hall–Kier alpha value is -0.660. The van der Waals surface area contributed by atoms with E-state index in [2.05, 4.69) is 4.72 Å². The molecule has 4 N–H and O–H groups in total. The molecule has 0 aromatic carbocycles.